The van der Waals surface area contributed by atoms with Crippen molar-refractivity contribution in [1.29, 1.82) is 0 Å². The molecule has 0 bridgehead atoms. The minimum absolute atomic E-state index is 0.00366. The molecule has 0 heterocycles. The van der Waals surface area contributed by atoms with Crippen molar-refractivity contribution in [3.05, 3.63) is 39.4 Å². The predicted molar refractivity (Wildman–Crippen MR) is 68.4 cm³/mol. The molecule has 8 heteroatoms. The Balaban J connectivity index is 3.29. The Kier molecular flexibility index (Phi) is 5.13. The second-order valence-electron chi connectivity index (χ2n) is 3.67. The van der Waals surface area contributed by atoms with Crippen LogP contribution in [0.25, 0.3) is 0 Å². The molecule has 102 valence electrons. The predicted octanol–water partition coefficient (Wildman–Crippen LogP) is 1.68. The number of halogens is 1. The van der Waals surface area contributed by atoms with Crippen LogP contribution in [0.2, 0.25) is 0 Å². The smallest absolute Gasteiger partial charge is 0.337 e. The van der Waals surface area contributed by atoms with Gasteiger partial charge in [-0.15, -0.1) is 0 Å². The number of carbonyl (C=O) groups excluding carboxylic acids is 1. The highest BCUT2D eigenvalue weighted by Gasteiger charge is 2.21. The Morgan fingerprint density at radius 1 is 1.37 bits per heavy atom. The molecule has 19 heavy (non-hydrogen) atoms. The third kappa shape index (κ3) is 3.83. The van der Waals surface area contributed by atoms with Crippen molar-refractivity contribution < 1.29 is 24.7 Å². The van der Waals surface area contributed by atoms with Gasteiger partial charge in [0.05, 0.1) is 4.92 Å². The summed E-state index contributed by atoms with van der Waals surface area (Å²) >= 11 is 3.07. The number of benzene rings is 1. The molecule has 0 aromatic heterocycles. The summed E-state index contributed by atoms with van der Waals surface area (Å²) in [4.78, 5) is 32.3. The van der Waals surface area contributed by atoms with Crippen LogP contribution in [0.5, 0.6) is 0 Å². The van der Waals surface area contributed by atoms with Crippen molar-refractivity contribution in [1.82, 2.24) is 0 Å². The minimum atomic E-state index is -1.91. The van der Waals surface area contributed by atoms with E-state index in [-0.39, 0.29) is 23.3 Å². The van der Waals surface area contributed by atoms with Gasteiger partial charge in [-0.1, -0.05) is 15.9 Å². The molecule has 1 aromatic carbocycles. The van der Waals surface area contributed by atoms with Gasteiger partial charge < -0.3 is 10.2 Å². The summed E-state index contributed by atoms with van der Waals surface area (Å²) in [5.74, 6) is -1.92. The molecular formula is C11H10BrNO6. The molecule has 0 spiro atoms. The van der Waals surface area contributed by atoms with Gasteiger partial charge >= 0.3 is 5.97 Å². The van der Waals surface area contributed by atoms with Crippen molar-refractivity contribution in [3.8, 4) is 0 Å². The molecule has 0 fully saturated rings. The molecule has 0 saturated heterocycles. The molecule has 0 aliphatic rings. The van der Waals surface area contributed by atoms with Crippen molar-refractivity contribution in [2.24, 2.45) is 0 Å². The van der Waals surface area contributed by atoms with E-state index in [9.17, 15) is 24.8 Å². The van der Waals surface area contributed by atoms with Crippen molar-refractivity contribution in [3.63, 3.8) is 0 Å². The van der Waals surface area contributed by atoms with Crippen LogP contribution in [0.4, 0.5) is 5.69 Å². The number of aliphatic hydroxyl groups excluding tert-OH is 1. The SMILES string of the molecule is O=C(CCBr)c1cc(C(O)C(=O)O)cc([N+](=O)[O-])c1. The van der Waals surface area contributed by atoms with Crippen LogP contribution < -0.4 is 0 Å². The van der Waals surface area contributed by atoms with E-state index in [1.54, 1.807) is 0 Å². The molecular weight excluding hydrogens is 322 g/mol. The maximum Gasteiger partial charge on any atom is 0.337 e. The second-order valence-corrected chi connectivity index (χ2v) is 4.47. The topological polar surface area (TPSA) is 118 Å². The number of rotatable bonds is 6. The first-order valence-electron chi connectivity index (χ1n) is 5.16. The van der Waals surface area contributed by atoms with E-state index in [4.69, 9.17) is 5.11 Å². The summed E-state index contributed by atoms with van der Waals surface area (Å²) in [6, 6.07) is 3.14. The highest BCUT2D eigenvalue weighted by molar-refractivity contribution is 9.09. The fourth-order valence-electron chi connectivity index (χ4n) is 1.43. The Hall–Kier alpha value is -1.80. The van der Waals surface area contributed by atoms with Crippen LogP contribution in [0.1, 0.15) is 28.4 Å². The van der Waals surface area contributed by atoms with E-state index in [0.717, 1.165) is 18.2 Å². The summed E-state index contributed by atoms with van der Waals surface area (Å²) in [6.45, 7) is 0. The van der Waals surface area contributed by atoms with Crippen molar-refractivity contribution in [2.75, 3.05) is 5.33 Å². The third-order valence-electron chi connectivity index (χ3n) is 2.34. The van der Waals surface area contributed by atoms with Gasteiger partial charge in [0.1, 0.15) is 0 Å². The largest absolute Gasteiger partial charge is 0.479 e. The number of hydrogen-bond donors (Lipinski definition) is 2. The van der Waals surface area contributed by atoms with Crippen LogP contribution in [0.3, 0.4) is 0 Å². The first kappa shape index (κ1) is 15.3. The molecule has 0 radical (unpaired) electrons. The third-order valence-corrected chi connectivity index (χ3v) is 2.74. The standard InChI is InChI=1S/C11H10BrNO6/c12-2-1-9(14)6-3-7(10(15)11(16)17)5-8(4-6)13(18)19/h3-5,10,15H,1-2H2,(H,16,17). The number of nitro benzene ring substituents is 1. The van der Waals surface area contributed by atoms with Gasteiger partial charge in [0.15, 0.2) is 11.9 Å². The molecule has 1 aromatic rings. The van der Waals surface area contributed by atoms with Crippen molar-refractivity contribution >= 4 is 33.4 Å². The number of alkyl halides is 1. The Bertz CT molecular complexity index is 530. The molecule has 0 amide bonds. The summed E-state index contributed by atoms with van der Waals surface area (Å²) in [5.41, 5.74) is -0.626. The average Bonchev–Trinajstić information content (AvgIpc) is 2.37. The average molecular weight is 332 g/mol. The van der Waals surface area contributed by atoms with Gasteiger partial charge in [-0.2, -0.15) is 0 Å². The Morgan fingerprint density at radius 2 is 2.00 bits per heavy atom. The molecule has 1 atom stereocenters. The number of Topliss-reactive ketones (excluding diaryl/α,β-unsaturated/α-hetero) is 1. The first-order chi connectivity index (χ1) is 8.86. The minimum Gasteiger partial charge on any atom is -0.479 e. The number of ketones is 1. The fraction of sp³-hybridized carbons (Fsp3) is 0.273. The molecule has 0 aliphatic carbocycles. The second kappa shape index (κ2) is 6.39. The van der Waals surface area contributed by atoms with E-state index in [1.807, 2.05) is 0 Å². The highest BCUT2D eigenvalue weighted by atomic mass is 79.9. The number of carboxylic acids is 1. The highest BCUT2D eigenvalue weighted by Crippen LogP contribution is 2.23. The van der Waals surface area contributed by atoms with Crippen LogP contribution in [-0.4, -0.2) is 32.2 Å². The number of hydrogen-bond acceptors (Lipinski definition) is 5. The van der Waals surface area contributed by atoms with Gasteiger partial charge in [-0.25, -0.2) is 4.79 Å². The van der Waals surface area contributed by atoms with Crippen LogP contribution in [-0.2, 0) is 4.79 Å². The first-order valence-corrected chi connectivity index (χ1v) is 6.28. The number of aliphatic hydroxyl groups is 1. The summed E-state index contributed by atoms with van der Waals surface area (Å²) < 4.78 is 0. The number of nitro groups is 1. The molecule has 1 rings (SSSR count). The lowest BCUT2D eigenvalue weighted by molar-refractivity contribution is -0.385. The maximum atomic E-state index is 11.7. The number of aliphatic carboxylic acids is 1. The molecule has 0 aliphatic heterocycles. The van der Waals surface area contributed by atoms with E-state index in [0.29, 0.717) is 5.33 Å². The van der Waals surface area contributed by atoms with Gasteiger partial charge in [0.25, 0.3) is 5.69 Å². The number of carbonyl (C=O) groups is 2. The van der Waals surface area contributed by atoms with E-state index >= 15 is 0 Å². The van der Waals surface area contributed by atoms with Gasteiger partial charge in [-0.05, 0) is 11.6 Å². The van der Waals surface area contributed by atoms with E-state index in [1.165, 1.54) is 0 Å². The van der Waals surface area contributed by atoms with Gasteiger partial charge in [0.2, 0.25) is 0 Å². The maximum absolute atomic E-state index is 11.7. The monoisotopic (exact) mass is 331 g/mol. The molecule has 7 nitrogen and oxygen atoms in total. The fourth-order valence-corrected chi connectivity index (χ4v) is 1.79. The van der Waals surface area contributed by atoms with Crippen LogP contribution in [0, 0.1) is 10.1 Å². The Labute approximate surface area is 116 Å². The zero-order chi connectivity index (χ0) is 14.6. The lowest BCUT2D eigenvalue weighted by Gasteiger charge is -2.08. The quantitative estimate of drug-likeness (QED) is 0.354. The number of carboxylic acid groups (broad SMARTS) is 1. The zero-order valence-corrected chi connectivity index (χ0v) is 11.2. The molecule has 2 N–H and O–H groups in total. The van der Waals surface area contributed by atoms with Crippen molar-refractivity contribution in [2.45, 2.75) is 12.5 Å². The number of non-ortho nitro benzene ring substituents is 1. The normalized spacial score (nSPS) is 11.9. The molecule has 1 unspecified atom stereocenters. The van der Waals surface area contributed by atoms with Crippen LogP contribution >= 0.6 is 15.9 Å². The van der Waals surface area contributed by atoms with Crippen LogP contribution in [0.15, 0.2) is 18.2 Å². The van der Waals surface area contributed by atoms with E-state index in [2.05, 4.69) is 15.9 Å². The summed E-state index contributed by atoms with van der Waals surface area (Å²) in [5, 5.41) is 29.2. The van der Waals surface area contributed by atoms with E-state index < -0.39 is 22.7 Å². The van der Waals surface area contributed by atoms with Gasteiger partial charge in [0, 0.05) is 29.4 Å². The van der Waals surface area contributed by atoms with Gasteiger partial charge in [-0.3, -0.25) is 14.9 Å². The molecule has 0 saturated carbocycles. The Morgan fingerprint density at radius 3 is 2.47 bits per heavy atom. The summed E-state index contributed by atoms with van der Waals surface area (Å²) in [7, 11) is 0. The summed E-state index contributed by atoms with van der Waals surface area (Å²) in [6.07, 6.45) is -1.79. The number of nitrogens with zero attached hydrogens (tertiary/aromatic N) is 1. The lowest BCUT2D eigenvalue weighted by Crippen LogP contribution is -2.12. The zero-order valence-electron chi connectivity index (χ0n) is 9.58. The lowest BCUT2D eigenvalue weighted by atomic mass is 10.0.